The fraction of sp³-hybridized carbons (Fsp3) is 0.500. The molecule has 0 saturated carbocycles. The van der Waals surface area contributed by atoms with Gasteiger partial charge in [0.05, 0.1) is 5.69 Å². The van der Waals surface area contributed by atoms with Gasteiger partial charge in [0.1, 0.15) is 0 Å². The molecule has 0 aliphatic carbocycles. The topological polar surface area (TPSA) is 41.0 Å². The van der Waals surface area contributed by atoms with Crippen molar-refractivity contribution in [3.05, 3.63) is 30.0 Å². The summed E-state index contributed by atoms with van der Waals surface area (Å²) in [5, 5.41) is 14.6. The van der Waals surface area contributed by atoms with Crippen molar-refractivity contribution in [1.82, 2.24) is 15.5 Å². The van der Waals surface area contributed by atoms with E-state index in [4.69, 9.17) is 0 Å². The Bertz CT molecular complexity index is 594. The van der Waals surface area contributed by atoms with E-state index in [0.717, 1.165) is 31.1 Å². The van der Waals surface area contributed by atoms with Crippen molar-refractivity contribution in [3.63, 3.8) is 0 Å². The Morgan fingerprint density at radius 3 is 2.85 bits per heavy atom. The highest BCUT2D eigenvalue weighted by atomic mass is 15.3. The van der Waals surface area contributed by atoms with Crippen LogP contribution in [-0.2, 0) is 0 Å². The maximum Gasteiger partial charge on any atom is 0.159 e. The Hall–Kier alpha value is -1.68. The lowest BCUT2D eigenvalue weighted by molar-refractivity contribution is 0.401. The molecule has 0 radical (unpaired) electrons. The lowest BCUT2D eigenvalue weighted by Crippen LogP contribution is -2.39. The van der Waals surface area contributed by atoms with E-state index in [9.17, 15) is 0 Å². The van der Waals surface area contributed by atoms with Crippen LogP contribution < -0.4 is 10.2 Å². The van der Waals surface area contributed by atoms with Crippen LogP contribution in [0.15, 0.2) is 24.3 Å². The molecule has 106 valence electrons. The summed E-state index contributed by atoms with van der Waals surface area (Å²) in [5.74, 6) is 1.75. The van der Waals surface area contributed by atoms with Gasteiger partial charge in [-0.1, -0.05) is 24.3 Å². The molecule has 0 amide bonds. The summed E-state index contributed by atoms with van der Waals surface area (Å²) in [6.07, 6.45) is 2.53. The zero-order chi connectivity index (χ0) is 13.9. The molecule has 1 N–H and O–H groups in total. The van der Waals surface area contributed by atoms with Crippen molar-refractivity contribution in [3.8, 4) is 0 Å². The van der Waals surface area contributed by atoms with Crippen LogP contribution in [0.2, 0.25) is 0 Å². The lowest BCUT2D eigenvalue weighted by atomic mass is 9.97. The molecule has 0 bridgehead atoms. The minimum absolute atomic E-state index is 0.704. The van der Waals surface area contributed by atoms with Gasteiger partial charge in [-0.25, -0.2) is 0 Å². The molecule has 1 aromatic carbocycles. The first-order valence-electron chi connectivity index (χ1n) is 7.41. The lowest BCUT2D eigenvalue weighted by Gasteiger charge is -2.33. The molecule has 1 atom stereocenters. The summed E-state index contributed by atoms with van der Waals surface area (Å²) in [6.45, 7) is 5.26. The van der Waals surface area contributed by atoms with Crippen molar-refractivity contribution < 1.29 is 0 Å². The number of piperidine rings is 1. The minimum Gasteiger partial charge on any atom is -0.354 e. The molecule has 2 aromatic rings. The summed E-state index contributed by atoms with van der Waals surface area (Å²) < 4.78 is 0. The van der Waals surface area contributed by atoms with E-state index in [1.54, 1.807) is 0 Å². The predicted molar refractivity (Wildman–Crippen MR) is 83.1 cm³/mol. The Kier molecular flexibility index (Phi) is 3.83. The van der Waals surface area contributed by atoms with E-state index in [2.05, 4.69) is 44.7 Å². The van der Waals surface area contributed by atoms with Crippen LogP contribution in [0.3, 0.4) is 0 Å². The third kappa shape index (κ3) is 2.48. The van der Waals surface area contributed by atoms with E-state index in [1.807, 2.05) is 14.0 Å². The highest BCUT2D eigenvalue weighted by Gasteiger charge is 2.22. The monoisotopic (exact) mass is 270 g/mol. The quantitative estimate of drug-likeness (QED) is 0.929. The van der Waals surface area contributed by atoms with E-state index < -0.39 is 0 Å². The van der Waals surface area contributed by atoms with Crippen molar-refractivity contribution >= 4 is 16.6 Å². The number of nitrogens with zero attached hydrogens (tertiary/aromatic N) is 3. The van der Waals surface area contributed by atoms with Gasteiger partial charge in [0.25, 0.3) is 0 Å². The molecule has 1 aliphatic rings. The van der Waals surface area contributed by atoms with Gasteiger partial charge >= 0.3 is 0 Å². The summed E-state index contributed by atoms with van der Waals surface area (Å²) in [4.78, 5) is 2.40. The van der Waals surface area contributed by atoms with E-state index in [-0.39, 0.29) is 0 Å². The largest absolute Gasteiger partial charge is 0.354 e. The van der Waals surface area contributed by atoms with Gasteiger partial charge in [0.2, 0.25) is 0 Å². The van der Waals surface area contributed by atoms with Crippen LogP contribution in [0.5, 0.6) is 0 Å². The summed E-state index contributed by atoms with van der Waals surface area (Å²) in [7, 11) is 2.03. The molecule has 1 saturated heterocycles. The second kappa shape index (κ2) is 5.75. The first kappa shape index (κ1) is 13.3. The summed E-state index contributed by atoms with van der Waals surface area (Å²) in [6, 6.07) is 8.45. The average Bonchev–Trinajstić information content (AvgIpc) is 2.49. The second-order valence-electron chi connectivity index (χ2n) is 5.67. The van der Waals surface area contributed by atoms with Gasteiger partial charge in [0.15, 0.2) is 5.82 Å². The SMILES string of the molecule is CNCC1CCCN(c2nnc(C)c3ccccc23)C1. The predicted octanol–water partition coefficient (Wildman–Crippen LogP) is 2.37. The maximum atomic E-state index is 4.48. The number of nitrogens with one attached hydrogen (secondary N) is 1. The fourth-order valence-corrected chi connectivity index (χ4v) is 3.17. The average molecular weight is 270 g/mol. The van der Waals surface area contributed by atoms with Gasteiger partial charge in [-0.3, -0.25) is 0 Å². The first-order chi connectivity index (χ1) is 9.79. The second-order valence-corrected chi connectivity index (χ2v) is 5.67. The zero-order valence-electron chi connectivity index (χ0n) is 12.3. The molecule has 1 aromatic heterocycles. The fourth-order valence-electron chi connectivity index (χ4n) is 3.17. The molecule has 1 fully saturated rings. The Labute approximate surface area is 120 Å². The van der Waals surface area contributed by atoms with Crippen LogP contribution >= 0.6 is 0 Å². The molecule has 0 spiro atoms. The Morgan fingerprint density at radius 1 is 1.25 bits per heavy atom. The number of anilines is 1. The highest BCUT2D eigenvalue weighted by Crippen LogP contribution is 2.28. The maximum absolute atomic E-state index is 4.48. The van der Waals surface area contributed by atoms with Gasteiger partial charge < -0.3 is 10.2 Å². The minimum atomic E-state index is 0.704. The van der Waals surface area contributed by atoms with Crippen molar-refractivity contribution in [2.75, 3.05) is 31.6 Å². The molecule has 4 nitrogen and oxygen atoms in total. The van der Waals surface area contributed by atoms with E-state index in [1.165, 1.54) is 23.6 Å². The van der Waals surface area contributed by atoms with Crippen molar-refractivity contribution in [1.29, 1.82) is 0 Å². The third-order valence-electron chi connectivity index (χ3n) is 4.16. The van der Waals surface area contributed by atoms with Gasteiger partial charge in [0, 0.05) is 23.9 Å². The van der Waals surface area contributed by atoms with Gasteiger partial charge in [-0.05, 0) is 39.3 Å². The molecule has 1 aliphatic heterocycles. The van der Waals surface area contributed by atoms with Crippen molar-refractivity contribution in [2.45, 2.75) is 19.8 Å². The summed E-state index contributed by atoms with van der Waals surface area (Å²) in [5.41, 5.74) is 1.01. The van der Waals surface area contributed by atoms with E-state index >= 15 is 0 Å². The molecule has 20 heavy (non-hydrogen) atoms. The Balaban J connectivity index is 1.95. The number of fused-ring (bicyclic) bond motifs is 1. The molecular weight excluding hydrogens is 248 g/mol. The van der Waals surface area contributed by atoms with Crippen LogP contribution in [0.4, 0.5) is 5.82 Å². The van der Waals surface area contributed by atoms with E-state index in [0.29, 0.717) is 5.92 Å². The van der Waals surface area contributed by atoms with Crippen LogP contribution in [-0.4, -0.2) is 36.9 Å². The number of aryl methyl sites for hydroxylation is 1. The molecule has 4 heteroatoms. The van der Waals surface area contributed by atoms with Crippen LogP contribution in [0.1, 0.15) is 18.5 Å². The summed E-state index contributed by atoms with van der Waals surface area (Å²) >= 11 is 0. The number of aromatic nitrogens is 2. The number of hydrogen-bond donors (Lipinski definition) is 1. The van der Waals surface area contributed by atoms with Gasteiger partial charge in [-0.2, -0.15) is 5.10 Å². The first-order valence-corrected chi connectivity index (χ1v) is 7.41. The Morgan fingerprint density at radius 2 is 2.05 bits per heavy atom. The van der Waals surface area contributed by atoms with Crippen LogP contribution in [0, 0.1) is 12.8 Å². The number of rotatable bonds is 3. The van der Waals surface area contributed by atoms with Crippen molar-refractivity contribution in [2.24, 2.45) is 5.92 Å². The number of benzene rings is 1. The smallest absolute Gasteiger partial charge is 0.159 e. The number of hydrogen-bond acceptors (Lipinski definition) is 4. The molecule has 1 unspecified atom stereocenters. The normalized spacial score (nSPS) is 19.5. The molecule has 3 rings (SSSR count). The zero-order valence-corrected chi connectivity index (χ0v) is 12.3. The third-order valence-corrected chi connectivity index (χ3v) is 4.16. The molecule has 2 heterocycles. The highest BCUT2D eigenvalue weighted by molar-refractivity contribution is 5.93. The van der Waals surface area contributed by atoms with Gasteiger partial charge in [-0.15, -0.1) is 5.10 Å². The standard InChI is InChI=1S/C16H22N4/c1-12-14-7-3-4-8-15(14)16(19-18-12)20-9-5-6-13(11-20)10-17-2/h3-4,7-8,13,17H,5-6,9-11H2,1-2H3. The van der Waals surface area contributed by atoms with Crippen LogP contribution in [0.25, 0.3) is 10.8 Å². The molecular formula is C16H22N4.